The number of benzene rings is 1. The van der Waals surface area contributed by atoms with Gasteiger partial charge in [0.05, 0.1) is 17.7 Å². The van der Waals surface area contributed by atoms with Crippen molar-refractivity contribution >= 4 is 12.0 Å². The number of nitrogens with one attached hydrogen (secondary N) is 2. The normalized spacial score (nSPS) is 18.3. The van der Waals surface area contributed by atoms with Crippen LogP contribution in [-0.4, -0.2) is 18.1 Å². The van der Waals surface area contributed by atoms with Gasteiger partial charge in [-0.25, -0.2) is 9.59 Å². The molecule has 0 radical (unpaired) electrons. The highest BCUT2D eigenvalue weighted by atomic mass is 16.5. The molecule has 1 heterocycles. The second-order valence-corrected chi connectivity index (χ2v) is 5.38. The summed E-state index contributed by atoms with van der Waals surface area (Å²) in [5.41, 5.74) is 2.87. The number of carbonyl (C=O) groups is 2. The second kappa shape index (κ2) is 5.99. The van der Waals surface area contributed by atoms with Gasteiger partial charge in [0, 0.05) is 5.70 Å². The Bertz CT molecular complexity index is 605. The van der Waals surface area contributed by atoms with Crippen molar-refractivity contribution in [2.45, 2.75) is 39.8 Å². The molecular weight excluding hydrogens is 268 g/mol. The zero-order valence-electron chi connectivity index (χ0n) is 12.7. The molecule has 0 saturated heterocycles. The van der Waals surface area contributed by atoms with Crippen molar-refractivity contribution in [2.75, 3.05) is 0 Å². The van der Waals surface area contributed by atoms with Crippen LogP contribution >= 0.6 is 0 Å². The highest BCUT2D eigenvalue weighted by molar-refractivity contribution is 5.95. The minimum atomic E-state index is -0.494. The first-order chi connectivity index (χ1) is 9.90. The molecule has 1 aromatic carbocycles. The molecule has 0 spiro atoms. The van der Waals surface area contributed by atoms with Crippen LogP contribution < -0.4 is 10.6 Å². The van der Waals surface area contributed by atoms with Crippen LogP contribution in [-0.2, 0) is 9.53 Å². The second-order valence-electron chi connectivity index (χ2n) is 5.38. The Morgan fingerprint density at radius 1 is 1.24 bits per heavy atom. The number of hydrogen-bond donors (Lipinski definition) is 2. The largest absolute Gasteiger partial charge is 0.459 e. The lowest BCUT2D eigenvalue weighted by Crippen LogP contribution is -2.45. The zero-order chi connectivity index (χ0) is 15.6. The van der Waals surface area contributed by atoms with Crippen LogP contribution in [0.2, 0.25) is 0 Å². The fraction of sp³-hybridized carbons (Fsp3) is 0.375. The van der Waals surface area contributed by atoms with Gasteiger partial charge in [-0.05, 0) is 38.8 Å². The summed E-state index contributed by atoms with van der Waals surface area (Å²) in [5, 5.41) is 5.43. The van der Waals surface area contributed by atoms with Crippen molar-refractivity contribution < 1.29 is 14.3 Å². The number of allylic oxidation sites excluding steroid dienone is 1. The molecule has 0 fully saturated rings. The molecule has 2 rings (SSSR count). The Labute approximate surface area is 124 Å². The highest BCUT2D eigenvalue weighted by Gasteiger charge is 2.33. The van der Waals surface area contributed by atoms with E-state index < -0.39 is 12.0 Å². The molecule has 0 aliphatic carbocycles. The van der Waals surface area contributed by atoms with E-state index in [1.807, 2.05) is 31.2 Å². The van der Waals surface area contributed by atoms with Crippen molar-refractivity contribution in [1.82, 2.24) is 10.6 Å². The number of urea groups is 1. The molecule has 5 nitrogen and oxygen atoms in total. The molecule has 1 unspecified atom stereocenters. The fourth-order valence-electron chi connectivity index (χ4n) is 2.39. The molecule has 112 valence electrons. The van der Waals surface area contributed by atoms with Crippen LogP contribution in [0, 0.1) is 6.92 Å². The van der Waals surface area contributed by atoms with Crippen LogP contribution in [0.15, 0.2) is 35.5 Å². The summed E-state index contributed by atoms with van der Waals surface area (Å²) >= 11 is 0. The number of ether oxygens (including phenoxy) is 1. The van der Waals surface area contributed by atoms with Gasteiger partial charge in [-0.3, -0.25) is 0 Å². The van der Waals surface area contributed by atoms with Gasteiger partial charge in [-0.1, -0.05) is 24.3 Å². The Morgan fingerprint density at radius 3 is 2.52 bits per heavy atom. The molecule has 1 aromatic rings. The monoisotopic (exact) mass is 288 g/mol. The number of amides is 2. The molecule has 1 aliphatic rings. The quantitative estimate of drug-likeness (QED) is 0.840. The first kappa shape index (κ1) is 15.1. The summed E-state index contributed by atoms with van der Waals surface area (Å²) in [6.07, 6.45) is -0.215. The molecule has 1 atom stereocenters. The summed E-state index contributed by atoms with van der Waals surface area (Å²) in [6, 6.07) is 6.85. The molecule has 5 heteroatoms. The molecule has 21 heavy (non-hydrogen) atoms. The van der Waals surface area contributed by atoms with E-state index in [2.05, 4.69) is 10.6 Å². The summed E-state index contributed by atoms with van der Waals surface area (Å²) in [7, 11) is 0. The van der Waals surface area contributed by atoms with E-state index in [1.165, 1.54) is 0 Å². The minimum absolute atomic E-state index is 0.215. The topological polar surface area (TPSA) is 67.4 Å². The molecule has 1 aliphatic heterocycles. The molecular formula is C16H20N2O3. The lowest BCUT2D eigenvalue weighted by molar-refractivity contribution is -0.143. The van der Waals surface area contributed by atoms with Crippen molar-refractivity contribution in [3.05, 3.63) is 46.7 Å². The summed E-state index contributed by atoms with van der Waals surface area (Å²) in [6.45, 7) is 7.25. The van der Waals surface area contributed by atoms with Crippen molar-refractivity contribution in [1.29, 1.82) is 0 Å². The molecule has 0 aromatic heterocycles. The van der Waals surface area contributed by atoms with Crippen LogP contribution in [0.1, 0.15) is 37.9 Å². The van der Waals surface area contributed by atoms with E-state index in [0.717, 1.165) is 11.1 Å². The minimum Gasteiger partial charge on any atom is -0.459 e. The van der Waals surface area contributed by atoms with Crippen LogP contribution in [0.5, 0.6) is 0 Å². The maximum atomic E-state index is 12.3. The van der Waals surface area contributed by atoms with E-state index >= 15 is 0 Å². The first-order valence-corrected chi connectivity index (χ1v) is 6.95. The molecule has 2 N–H and O–H groups in total. The molecule has 0 saturated carbocycles. The summed E-state index contributed by atoms with van der Waals surface area (Å²) < 4.78 is 5.30. The van der Waals surface area contributed by atoms with Gasteiger partial charge in [-0.15, -0.1) is 0 Å². The van der Waals surface area contributed by atoms with E-state index in [0.29, 0.717) is 11.3 Å². The number of esters is 1. The van der Waals surface area contributed by atoms with Crippen LogP contribution in [0.4, 0.5) is 4.79 Å². The predicted octanol–water partition coefficient (Wildman–Crippen LogP) is 2.57. The van der Waals surface area contributed by atoms with E-state index in [4.69, 9.17) is 4.74 Å². The molecule has 2 amide bonds. The molecule has 0 bridgehead atoms. The van der Waals surface area contributed by atoms with Gasteiger partial charge >= 0.3 is 12.0 Å². The SMILES string of the molecule is CC1=C(C(=O)OC(C)C)C(c2ccccc2C)NC(=O)N1. The number of hydrogen-bond acceptors (Lipinski definition) is 3. The Hall–Kier alpha value is -2.30. The average Bonchev–Trinajstić information content (AvgIpc) is 2.37. The van der Waals surface area contributed by atoms with Crippen molar-refractivity contribution in [2.24, 2.45) is 0 Å². The lowest BCUT2D eigenvalue weighted by Gasteiger charge is -2.29. The lowest BCUT2D eigenvalue weighted by atomic mass is 9.92. The average molecular weight is 288 g/mol. The van der Waals surface area contributed by atoms with Gasteiger partial charge in [0.2, 0.25) is 0 Å². The van der Waals surface area contributed by atoms with Gasteiger partial charge in [0.1, 0.15) is 0 Å². The highest BCUT2D eigenvalue weighted by Crippen LogP contribution is 2.29. The third kappa shape index (κ3) is 3.24. The van der Waals surface area contributed by atoms with Crippen molar-refractivity contribution in [3.8, 4) is 0 Å². The summed E-state index contributed by atoms with van der Waals surface area (Å²) in [5.74, 6) is -0.414. The van der Waals surface area contributed by atoms with Gasteiger partial charge < -0.3 is 15.4 Å². The Kier molecular flexibility index (Phi) is 4.31. The van der Waals surface area contributed by atoms with Crippen molar-refractivity contribution in [3.63, 3.8) is 0 Å². The predicted molar refractivity (Wildman–Crippen MR) is 79.5 cm³/mol. The van der Waals surface area contributed by atoms with Crippen LogP contribution in [0.3, 0.4) is 0 Å². The Balaban J connectivity index is 2.46. The maximum Gasteiger partial charge on any atom is 0.338 e. The smallest absolute Gasteiger partial charge is 0.338 e. The third-order valence-corrected chi connectivity index (χ3v) is 3.33. The number of aryl methyl sites for hydroxylation is 1. The van der Waals surface area contributed by atoms with Gasteiger partial charge in [0.15, 0.2) is 0 Å². The van der Waals surface area contributed by atoms with E-state index in [9.17, 15) is 9.59 Å². The first-order valence-electron chi connectivity index (χ1n) is 6.95. The summed E-state index contributed by atoms with van der Waals surface area (Å²) in [4.78, 5) is 24.1. The fourth-order valence-corrected chi connectivity index (χ4v) is 2.39. The Morgan fingerprint density at radius 2 is 1.90 bits per heavy atom. The van der Waals surface area contributed by atoms with E-state index in [-0.39, 0.29) is 12.1 Å². The number of rotatable bonds is 3. The van der Waals surface area contributed by atoms with Crippen LogP contribution in [0.25, 0.3) is 0 Å². The third-order valence-electron chi connectivity index (χ3n) is 3.33. The zero-order valence-corrected chi connectivity index (χ0v) is 12.7. The van der Waals surface area contributed by atoms with Gasteiger partial charge in [-0.2, -0.15) is 0 Å². The number of carbonyl (C=O) groups excluding carboxylic acids is 2. The van der Waals surface area contributed by atoms with E-state index in [1.54, 1.807) is 20.8 Å². The standard InChI is InChI=1S/C16H20N2O3/c1-9(2)21-15(19)13-11(4)17-16(20)18-14(13)12-8-6-5-7-10(12)3/h5-9,14H,1-4H3,(H2,17,18,20). The maximum absolute atomic E-state index is 12.3. The van der Waals surface area contributed by atoms with Gasteiger partial charge in [0.25, 0.3) is 0 Å².